The molecule has 1 fully saturated rings. The quantitative estimate of drug-likeness (QED) is 0.679. The van der Waals surface area contributed by atoms with Crippen molar-refractivity contribution in [2.75, 3.05) is 25.1 Å². The average molecular weight is 447 g/mol. The van der Waals surface area contributed by atoms with Gasteiger partial charge in [-0.15, -0.1) is 0 Å². The monoisotopic (exact) mass is 446 g/mol. The Kier molecular flexibility index (Phi) is 7.06. The summed E-state index contributed by atoms with van der Waals surface area (Å²) in [4.78, 5) is 24.8. The van der Waals surface area contributed by atoms with Gasteiger partial charge in [0.05, 0.1) is 17.4 Å². The minimum Gasteiger partial charge on any atom is -0.483 e. The topological polar surface area (TPSA) is 76.7 Å². The molecule has 1 unspecified atom stereocenters. The van der Waals surface area contributed by atoms with E-state index in [0.717, 1.165) is 29.5 Å². The van der Waals surface area contributed by atoms with E-state index in [1.54, 1.807) is 30.3 Å². The number of ether oxygens (including phenoxy) is 2. The van der Waals surface area contributed by atoms with Crippen LogP contribution in [0.4, 0.5) is 5.69 Å². The molecular formula is C21H23BrN2O4. The van der Waals surface area contributed by atoms with Crippen LogP contribution in [0.2, 0.25) is 0 Å². The summed E-state index contributed by atoms with van der Waals surface area (Å²) >= 11 is 3.40. The number of nitrogens with one attached hydrogen (secondary N) is 2. The smallest absolute Gasteiger partial charge is 0.262 e. The highest BCUT2D eigenvalue weighted by molar-refractivity contribution is 9.10. The number of hydrogen-bond acceptors (Lipinski definition) is 4. The summed E-state index contributed by atoms with van der Waals surface area (Å²) in [6.45, 7) is 2.97. The van der Waals surface area contributed by atoms with Crippen LogP contribution in [0.25, 0.3) is 0 Å². The Morgan fingerprint density at radius 2 is 2.07 bits per heavy atom. The zero-order chi connectivity index (χ0) is 19.9. The number of carbonyl (C=O) groups excluding carboxylic acids is 2. The molecule has 1 aliphatic rings. The fourth-order valence-electron chi connectivity index (χ4n) is 3.00. The lowest BCUT2D eigenvalue weighted by molar-refractivity contribution is -0.118. The van der Waals surface area contributed by atoms with Crippen molar-refractivity contribution in [2.45, 2.75) is 25.9 Å². The predicted octanol–water partition coefficient (Wildman–Crippen LogP) is 3.68. The number of rotatable bonds is 7. The van der Waals surface area contributed by atoms with E-state index in [-0.39, 0.29) is 24.5 Å². The van der Waals surface area contributed by atoms with Gasteiger partial charge in [-0.2, -0.15) is 0 Å². The van der Waals surface area contributed by atoms with Crippen LogP contribution in [0.15, 0.2) is 46.9 Å². The average Bonchev–Trinajstić information content (AvgIpc) is 3.19. The highest BCUT2D eigenvalue weighted by atomic mass is 79.9. The molecule has 0 bridgehead atoms. The third-order valence-corrected chi connectivity index (χ3v) is 4.95. The van der Waals surface area contributed by atoms with Gasteiger partial charge in [-0.3, -0.25) is 9.59 Å². The van der Waals surface area contributed by atoms with Gasteiger partial charge < -0.3 is 20.1 Å². The maximum absolute atomic E-state index is 12.5. The fourth-order valence-corrected chi connectivity index (χ4v) is 3.48. The van der Waals surface area contributed by atoms with E-state index in [4.69, 9.17) is 9.47 Å². The van der Waals surface area contributed by atoms with Crippen LogP contribution in [0.1, 0.15) is 28.8 Å². The zero-order valence-corrected chi connectivity index (χ0v) is 17.3. The molecule has 2 aromatic rings. The van der Waals surface area contributed by atoms with Crippen molar-refractivity contribution in [1.82, 2.24) is 5.32 Å². The molecule has 6 nitrogen and oxygen atoms in total. The maximum atomic E-state index is 12.5. The Morgan fingerprint density at radius 1 is 1.25 bits per heavy atom. The van der Waals surface area contributed by atoms with Crippen LogP contribution in [-0.4, -0.2) is 37.7 Å². The number of hydrogen-bond donors (Lipinski definition) is 2. The van der Waals surface area contributed by atoms with Crippen molar-refractivity contribution in [3.8, 4) is 5.75 Å². The molecule has 2 aromatic carbocycles. The van der Waals surface area contributed by atoms with Crippen LogP contribution < -0.4 is 15.4 Å². The highest BCUT2D eigenvalue weighted by Crippen LogP contribution is 2.22. The Hall–Kier alpha value is -2.38. The van der Waals surface area contributed by atoms with Gasteiger partial charge in [-0.1, -0.05) is 28.1 Å². The number of carbonyl (C=O) groups is 2. The summed E-state index contributed by atoms with van der Waals surface area (Å²) in [5.41, 5.74) is 1.79. The van der Waals surface area contributed by atoms with E-state index >= 15 is 0 Å². The minimum atomic E-state index is -0.332. The van der Waals surface area contributed by atoms with Gasteiger partial charge in [-0.05, 0) is 55.7 Å². The normalized spacial score (nSPS) is 15.9. The van der Waals surface area contributed by atoms with Gasteiger partial charge >= 0.3 is 0 Å². The molecule has 0 spiro atoms. The van der Waals surface area contributed by atoms with Crippen LogP contribution in [0, 0.1) is 6.92 Å². The van der Waals surface area contributed by atoms with Crippen molar-refractivity contribution < 1.29 is 19.1 Å². The van der Waals surface area contributed by atoms with Crippen molar-refractivity contribution in [3.05, 3.63) is 58.1 Å². The van der Waals surface area contributed by atoms with Gasteiger partial charge in [0.15, 0.2) is 6.61 Å². The molecule has 1 atom stereocenters. The predicted molar refractivity (Wildman–Crippen MR) is 111 cm³/mol. The van der Waals surface area contributed by atoms with E-state index < -0.39 is 0 Å². The largest absolute Gasteiger partial charge is 0.483 e. The van der Waals surface area contributed by atoms with Gasteiger partial charge in [-0.25, -0.2) is 0 Å². The maximum Gasteiger partial charge on any atom is 0.262 e. The number of halogens is 1. The lowest BCUT2D eigenvalue weighted by Gasteiger charge is -2.14. The van der Waals surface area contributed by atoms with Crippen LogP contribution in [0.5, 0.6) is 5.75 Å². The Morgan fingerprint density at radius 3 is 2.82 bits per heavy atom. The number of para-hydroxylation sites is 1. The molecule has 1 aliphatic heterocycles. The molecule has 148 valence electrons. The first-order chi connectivity index (χ1) is 13.5. The number of aryl methyl sites for hydroxylation is 1. The summed E-state index contributed by atoms with van der Waals surface area (Å²) in [6, 6.07) is 12.5. The molecule has 7 heteroatoms. The minimum absolute atomic E-state index is 0.0632. The zero-order valence-electron chi connectivity index (χ0n) is 15.7. The number of benzene rings is 2. The Bertz CT molecular complexity index is 850. The summed E-state index contributed by atoms with van der Waals surface area (Å²) in [5, 5.41) is 5.63. The first-order valence-corrected chi connectivity index (χ1v) is 10.00. The second-order valence-corrected chi connectivity index (χ2v) is 7.55. The molecule has 0 aromatic heterocycles. The van der Waals surface area contributed by atoms with Gasteiger partial charge in [0.2, 0.25) is 0 Å². The standard InChI is InChI=1S/C21H23BrN2O4/c1-14-11-15(22)8-9-19(14)28-13-20(25)24-18-7-3-2-6-17(18)21(26)23-12-16-5-4-10-27-16/h2-3,6-9,11,16H,4-5,10,12-13H2,1H3,(H,23,26)(H,24,25). The molecular weight excluding hydrogens is 424 g/mol. The van der Waals surface area contributed by atoms with Gasteiger partial charge in [0, 0.05) is 17.6 Å². The second kappa shape index (κ2) is 9.71. The van der Waals surface area contributed by atoms with Gasteiger partial charge in [0.1, 0.15) is 5.75 Å². The van der Waals surface area contributed by atoms with Crippen molar-refractivity contribution in [3.63, 3.8) is 0 Å². The molecule has 28 heavy (non-hydrogen) atoms. The molecule has 0 radical (unpaired) electrons. The van der Waals surface area contributed by atoms with Crippen molar-refractivity contribution in [2.24, 2.45) is 0 Å². The molecule has 0 aliphatic carbocycles. The molecule has 0 saturated carbocycles. The Labute approximate surface area is 172 Å². The SMILES string of the molecule is Cc1cc(Br)ccc1OCC(=O)Nc1ccccc1C(=O)NCC1CCCO1. The number of amides is 2. The van der Waals surface area contributed by atoms with Crippen LogP contribution >= 0.6 is 15.9 Å². The molecule has 1 heterocycles. The van der Waals surface area contributed by atoms with E-state index in [2.05, 4.69) is 26.6 Å². The molecule has 3 rings (SSSR count). The molecule has 2 amide bonds. The summed E-state index contributed by atoms with van der Waals surface area (Å²) < 4.78 is 12.1. The fraction of sp³-hybridized carbons (Fsp3) is 0.333. The molecule has 2 N–H and O–H groups in total. The van der Waals surface area contributed by atoms with E-state index in [0.29, 0.717) is 23.5 Å². The first kappa shape index (κ1) is 20.4. The van der Waals surface area contributed by atoms with Crippen LogP contribution in [0.3, 0.4) is 0 Å². The van der Waals surface area contributed by atoms with E-state index in [1.807, 2.05) is 19.1 Å². The first-order valence-electron chi connectivity index (χ1n) is 9.20. The summed E-state index contributed by atoms with van der Waals surface area (Å²) in [5.74, 6) is 0.0682. The van der Waals surface area contributed by atoms with Crippen LogP contribution in [-0.2, 0) is 9.53 Å². The van der Waals surface area contributed by atoms with Crippen molar-refractivity contribution in [1.29, 1.82) is 0 Å². The number of anilines is 1. The molecule has 1 saturated heterocycles. The third-order valence-electron chi connectivity index (χ3n) is 4.46. The Balaban J connectivity index is 1.57. The van der Waals surface area contributed by atoms with E-state index in [9.17, 15) is 9.59 Å². The van der Waals surface area contributed by atoms with Crippen molar-refractivity contribution >= 4 is 33.4 Å². The summed E-state index contributed by atoms with van der Waals surface area (Å²) in [6.07, 6.45) is 2.03. The lowest BCUT2D eigenvalue weighted by atomic mass is 10.1. The third kappa shape index (κ3) is 5.56. The van der Waals surface area contributed by atoms with Gasteiger partial charge in [0.25, 0.3) is 11.8 Å². The van der Waals surface area contributed by atoms with E-state index in [1.165, 1.54) is 0 Å². The highest BCUT2D eigenvalue weighted by Gasteiger charge is 2.18. The lowest BCUT2D eigenvalue weighted by Crippen LogP contribution is -2.32. The second-order valence-electron chi connectivity index (χ2n) is 6.64. The summed E-state index contributed by atoms with van der Waals surface area (Å²) in [7, 11) is 0.